The van der Waals surface area contributed by atoms with Gasteiger partial charge in [-0.3, -0.25) is 4.79 Å². The van der Waals surface area contributed by atoms with Crippen molar-refractivity contribution in [1.29, 1.82) is 0 Å². The summed E-state index contributed by atoms with van der Waals surface area (Å²) in [5.74, 6) is -0.483. The largest absolute Gasteiger partial charge is 0.351 e. The SMILES string of the molecule is C[C@H](NS(=O)(=O)c1ccc(Cl)cc1)C(=O)NCc1ccc(Cl)cc1Cl. The molecule has 0 saturated carbocycles. The molecule has 0 fully saturated rings. The third kappa shape index (κ3) is 5.59. The van der Waals surface area contributed by atoms with Crippen LogP contribution in [0.25, 0.3) is 0 Å². The molecule has 2 N–H and O–H groups in total. The Hall–Kier alpha value is -1.31. The van der Waals surface area contributed by atoms with Gasteiger partial charge in [-0.2, -0.15) is 4.72 Å². The molecule has 5 nitrogen and oxygen atoms in total. The summed E-state index contributed by atoms with van der Waals surface area (Å²) in [5, 5.41) is 3.96. The second kappa shape index (κ2) is 8.38. The molecule has 0 aromatic heterocycles. The van der Waals surface area contributed by atoms with Crippen LogP contribution in [0.15, 0.2) is 47.4 Å². The Bertz CT molecular complexity index is 871. The number of rotatable bonds is 6. The van der Waals surface area contributed by atoms with Crippen LogP contribution in [0.3, 0.4) is 0 Å². The van der Waals surface area contributed by atoms with Gasteiger partial charge in [0.2, 0.25) is 15.9 Å². The maximum absolute atomic E-state index is 12.3. The highest BCUT2D eigenvalue weighted by Crippen LogP contribution is 2.20. The molecular formula is C16H15Cl3N2O3S. The molecule has 2 aromatic rings. The van der Waals surface area contributed by atoms with E-state index in [4.69, 9.17) is 34.8 Å². The highest BCUT2D eigenvalue weighted by molar-refractivity contribution is 7.89. The summed E-state index contributed by atoms with van der Waals surface area (Å²) in [7, 11) is -3.83. The average molecular weight is 422 g/mol. The van der Waals surface area contributed by atoms with E-state index in [1.807, 2.05) is 0 Å². The van der Waals surface area contributed by atoms with Crippen molar-refractivity contribution in [2.24, 2.45) is 0 Å². The van der Waals surface area contributed by atoms with Crippen molar-refractivity contribution < 1.29 is 13.2 Å². The van der Waals surface area contributed by atoms with E-state index >= 15 is 0 Å². The van der Waals surface area contributed by atoms with Crippen LogP contribution in [0.5, 0.6) is 0 Å². The first-order chi connectivity index (χ1) is 11.7. The van der Waals surface area contributed by atoms with E-state index in [1.165, 1.54) is 31.2 Å². The number of nitrogens with one attached hydrogen (secondary N) is 2. The smallest absolute Gasteiger partial charge is 0.241 e. The molecule has 0 aliphatic carbocycles. The molecule has 1 amide bonds. The molecule has 0 aliphatic heterocycles. The van der Waals surface area contributed by atoms with Gasteiger partial charge in [0.05, 0.1) is 10.9 Å². The summed E-state index contributed by atoms with van der Waals surface area (Å²) < 4.78 is 26.8. The number of halogens is 3. The molecule has 134 valence electrons. The molecule has 1 atom stereocenters. The van der Waals surface area contributed by atoms with Crippen LogP contribution in [0.1, 0.15) is 12.5 Å². The van der Waals surface area contributed by atoms with Gasteiger partial charge in [-0.25, -0.2) is 8.42 Å². The van der Waals surface area contributed by atoms with Crippen molar-refractivity contribution in [2.75, 3.05) is 0 Å². The summed E-state index contributed by atoms with van der Waals surface area (Å²) in [4.78, 5) is 12.2. The summed E-state index contributed by atoms with van der Waals surface area (Å²) in [5.41, 5.74) is 0.673. The van der Waals surface area contributed by atoms with Crippen LogP contribution >= 0.6 is 34.8 Å². The molecule has 0 spiro atoms. The van der Waals surface area contributed by atoms with E-state index in [-0.39, 0.29) is 11.4 Å². The van der Waals surface area contributed by atoms with Gasteiger partial charge in [-0.15, -0.1) is 0 Å². The molecule has 0 radical (unpaired) electrons. The number of hydrogen-bond acceptors (Lipinski definition) is 3. The highest BCUT2D eigenvalue weighted by atomic mass is 35.5. The predicted molar refractivity (Wildman–Crippen MR) is 99.5 cm³/mol. The van der Waals surface area contributed by atoms with Gasteiger partial charge >= 0.3 is 0 Å². The van der Waals surface area contributed by atoms with Crippen molar-refractivity contribution in [2.45, 2.75) is 24.4 Å². The Balaban J connectivity index is 1.98. The molecule has 0 unspecified atom stereocenters. The summed E-state index contributed by atoms with van der Waals surface area (Å²) >= 11 is 17.6. The van der Waals surface area contributed by atoms with E-state index in [0.717, 1.165) is 0 Å². The first-order valence-corrected chi connectivity index (χ1v) is 9.80. The molecule has 0 bridgehead atoms. The van der Waals surface area contributed by atoms with Gasteiger partial charge < -0.3 is 5.32 Å². The molecule has 0 saturated heterocycles. The van der Waals surface area contributed by atoms with E-state index in [1.54, 1.807) is 18.2 Å². The van der Waals surface area contributed by atoms with E-state index < -0.39 is 22.0 Å². The Labute approximate surface area is 161 Å². The lowest BCUT2D eigenvalue weighted by molar-refractivity contribution is -0.122. The molecule has 25 heavy (non-hydrogen) atoms. The van der Waals surface area contributed by atoms with Crippen molar-refractivity contribution in [1.82, 2.24) is 10.0 Å². The minimum atomic E-state index is -3.83. The fourth-order valence-corrected chi connectivity index (χ4v) is 3.77. The Morgan fingerprint density at radius 2 is 1.64 bits per heavy atom. The normalized spacial score (nSPS) is 12.6. The molecular weight excluding hydrogens is 407 g/mol. The summed E-state index contributed by atoms with van der Waals surface area (Å²) in [6.07, 6.45) is 0. The lowest BCUT2D eigenvalue weighted by Crippen LogP contribution is -2.44. The standard InChI is InChI=1S/C16H15Cl3N2O3S/c1-10(21-25(23,24)14-6-4-12(17)5-7-14)16(22)20-9-11-2-3-13(18)8-15(11)19/h2-8,10,21H,9H2,1H3,(H,20,22)/t10-/m0/s1. The number of carbonyl (C=O) groups excluding carboxylic acids is 1. The van der Waals surface area contributed by atoms with Gasteiger partial charge in [-0.1, -0.05) is 40.9 Å². The van der Waals surface area contributed by atoms with Gasteiger partial charge in [-0.05, 0) is 48.9 Å². The van der Waals surface area contributed by atoms with Crippen molar-refractivity contribution >= 4 is 50.7 Å². The topological polar surface area (TPSA) is 75.3 Å². The van der Waals surface area contributed by atoms with Crippen molar-refractivity contribution in [3.8, 4) is 0 Å². The van der Waals surface area contributed by atoms with Crippen LogP contribution in [0.2, 0.25) is 15.1 Å². The fraction of sp³-hybridized carbons (Fsp3) is 0.188. The monoisotopic (exact) mass is 420 g/mol. The number of sulfonamides is 1. The predicted octanol–water partition coefficient (Wildman–Crippen LogP) is 3.63. The van der Waals surface area contributed by atoms with E-state index in [2.05, 4.69) is 10.0 Å². The number of amides is 1. The van der Waals surface area contributed by atoms with Crippen LogP contribution in [-0.4, -0.2) is 20.4 Å². The van der Waals surface area contributed by atoms with E-state index in [0.29, 0.717) is 20.6 Å². The van der Waals surface area contributed by atoms with Crippen molar-refractivity contribution in [3.63, 3.8) is 0 Å². The number of hydrogen-bond donors (Lipinski definition) is 2. The minimum Gasteiger partial charge on any atom is -0.351 e. The molecule has 9 heteroatoms. The lowest BCUT2D eigenvalue weighted by atomic mass is 10.2. The first-order valence-electron chi connectivity index (χ1n) is 7.18. The summed E-state index contributed by atoms with van der Waals surface area (Å²) in [6, 6.07) is 9.59. The molecule has 0 aliphatic rings. The van der Waals surface area contributed by atoms with Crippen LogP contribution in [-0.2, 0) is 21.4 Å². The minimum absolute atomic E-state index is 0.0253. The molecule has 2 aromatic carbocycles. The zero-order valence-corrected chi connectivity index (χ0v) is 16.2. The number of carbonyl (C=O) groups is 1. The van der Waals surface area contributed by atoms with Gasteiger partial charge in [0, 0.05) is 21.6 Å². The zero-order chi connectivity index (χ0) is 18.6. The van der Waals surface area contributed by atoms with Crippen LogP contribution in [0.4, 0.5) is 0 Å². The Morgan fingerprint density at radius 3 is 2.24 bits per heavy atom. The lowest BCUT2D eigenvalue weighted by Gasteiger charge is -2.15. The van der Waals surface area contributed by atoms with Gasteiger partial charge in [0.15, 0.2) is 0 Å². The maximum atomic E-state index is 12.3. The summed E-state index contributed by atoms with van der Waals surface area (Å²) in [6.45, 7) is 1.61. The Kier molecular flexibility index (Phi) is 6.71. The maximum Gasteiger partial charge on any atom is 0.241 e. The average Bonchev–Trinajstić information content (AvgIpc) is 2.53. The van der Waals surface area contributed by atoms with Crippen LogP contribution in [0, 0.1) is 0 Å². The molecule has 2 rings (SSSR count). The second-order valence-electron chi connectivity index (χ2n) is 5.25. The van der Waals surface area contributed by atoms with Gasteiger partial charge in [0.1, 0.15) is 0 Å². The number of benzene rings is 2. The first kappa shape index (κ1) is 20.0. The Morgan fingerprint density at radius 1 is 1.04 bits per heavy atom. The highest BCUT2D eigenvalue weighted by Gasteiger charge is 2.22. The quantitative estimate of drug-likeness (QED) is 0.748. The second-order valence-corrected chi connectivity index (χ2v) is 8.24. The fourth-order valence-electron chi connectivity index (χ4n) is 1.97. The van der Waals surface area contributed by atoms with Crippen LogP contribution < -0.4 is 10.0 Å². The van der Waals surface area contributed by atoms with Gasteiger partial charge in [0.25, 0.3) is 0 Å². The third-order valence-electron chi connectivity index (χ3n) is 3.32. The molecule has 0 heterocycles. The van der Waals surface area contributed by atoms with Crippen molar-refractivity contribution in [3.05, 3.63) is 63.1 Å². The van der Waals surface area contributed by atoms with E-state index in [9.17, 15) is 13.2 Å². The zero-order valence-electron chi connectivity index (χ0n) is 13.1. The third-order valence-corrected chi connectivity index (χ3v) is 5.71.